The molecule has 0 fully saturated rings. The fourth-order valence-corrected chi connectivity index (χ4v) is 3.68. The van der Waals surface area contributed by atoms with Crippen molar-refractivity contribution in [1.82, 2.24) is 24.9 Å². The van der Waals surface area contributed by atoms with Gasteiger partial charge in [-0.3, -0.25) is 9.89 Å². The summed E-state index contributed by atoms with van der Waals surface area (Å²) in [7, 11) is 0. The number of rotatable bonds is 6. The van der Waals surface area contributed by atoms with Crippen LogP contribution in [0.5, 0.6) is 0 Å². The SMILES string of the molecule is CC(C)(O)CNC(=O)c1cc(-c2nsc(Nc3ccc4[nH]ncc4c3Cl)n2)ccc1F. The first-order chi connectivity index (χ1) is 14.7. The van der Waals surface area contributed by atoms with E-state index in [-0.39, 0.29) is 12.1 Å². The Morgan fingerprint density at radius 1 is 1.32 bits per heavy atom. The molecule has 0 atom stereocenters. The van der Waals surface area contributed by atoms with Crippen molar-refractivity contribution >= 4 is 50.8 Å². The van der Waals surface area contributed by atoms with Crippen LogP contribution in [0.1, 0.15) is 24.2 Å². The number of anilines is 2. The fraction of sp³-hybridized carbons (Fsp3) is 0.200. The van der Waals surface area contributed by atoms with Crippen molar-refractivity contribution in [2.75, 3.05) is 11.9 Å². The van der Waals surface area contributed by atoms with E-state index in [4.69, 9.17) is 11.6 Å². The smallest absolute Gasteiger partial charge is 0.254 e. The van der Waals surface area contributed by atoms with E-state index in [1.165, 1.54) is 18.2 Å². The molecule has 4 aromatic rings. The average molecular weight is 461 g/mol. The minimum absolute atomic E-state index is 0.0136. The molecule has 2 heterocycles. The standard InChI is InChI=1S/C20H18ClFN6O2S/c1-20(2,30)9-23-18(29)11-7-10(3-4-13(11)22)17-26-19(31-28-17)25-15-6-5-14-12(16(15)21)8-24-27-14/h3-8,30H,9H2,1-2H3,(H,23,29)(H,24,27)(H,25,26,28). The number of hydrogen-bond acceptors (Lipinski definition) is 7. The Morgan fingerprint density at radius 3 is 2.90 bits per heavy atom. The zero-order valence-electron chi connectivity index (χ0n) is 16.5. The molecule has 0 aliphatic carbocycles. The Kier molecular flexibility index (Phi) is 5.61. The predicted molar refractivity (Wildman–Crippen MR) is 118 cm³/mol. The van der Waals surface area contributed by atoms with Crippen LogP contribution in [0.15, 0.2) is 36.5 Å². The molecule has 160 valence electrons. The first-order valence-corrected chi connectivity index (χ1v) is 10.4. The van der Waals surface area contributed by atoms with Gasteiger partial charge in [0, 0.05) is 29.0 Å². The van der Waals surface area contributed by atoms with Crippen LogP contribution in [0.2, 0.25) is 5.02 Å². The van der Waals surface area contributed by atoms with E-state index < -0.39 is 17.3 Å². The number of aliphatic hydroxyl groups is 1. The Bertz CT molecular complexity index is 1270. The summed E-state index contributed by atoms with van der Waals surface area (Å²) in [5.74, 6) is -0.967. The Labute approximate surface area is 185 Å². The molecule has 0 bridgehead atoms. The highest BCUT2D eigenvalue weighted by Gasteiger charge is 2.19. The van der Waals surface area contributed by atoms with Crippen LogP contribution in [0, 0.1) is 5.82 Å². The number of fused-ring (bicyclic) bond motifs is 1. The number of H-pyrrole nitrogens is 1. The largest absolute Gasteiger partial charge is 0.389 e. The molecule has 2 aromatic carbocycles. The summed E-state index contributed by atoms with van der Waals surface area (Å²) < 4.78 is 18.5. The van der Waals surface area contributed by atoms with E-state index >= 15 is 0 Å². The summed E-state index contributed by atoms with van der Waals surface area (Å²) in [5.41, 5.74) is 0.677. The molecular weight excluding hydrogens is 443 g/mol. The number of benzene rings is 2. The monoisotopic (exact) mass is 460 g/mol. The van der Waals surface area contributed by atoms with E-state index in [0.717, 1.165) is 22.4 Å². The maximum Gasteiger partial charge on any atom is 0.254 e. The first-order valence-electron chi connectivity index (χ1n) is 9.24. The van der Waals surface area contributed by atoms with Gasteiger partial charge in [0.15, 0.2) is 5.82 Å². The minimum Gasteiger partial charge on any atom is -0.389 e. The molecule has 0 aliphatic heterocycles. The molecule has 4 N–H and O–H groups in total. The Morgan fingerprint density at radius 2 is 2.13 bits per heavy atom. The van der Waals surface area contributed by atoms with Crippen molar-refractivity contribution in [3.63, 3.8) is 0 Å². The Hall–Kier alpha value is -3.08. The van der Waals surface area contributed by atoms with E-state index in [1.807, 2.05) is 6.07 Å². The molecule has 8 nitrogen and oxygen atoms in total. The van der Waals surface area contributed by atoms with E-state index in [1.54, 1.807) is 26.1 Å². The predicted octanol–water partition coefficient (Wildman–Crippen LogP) is 4.12. The van der Waals surface area contributed by atoms with Gasteiger partial charge in [-0.15, -0.1) is 0 Å². The maximum absolute atomic E-state index is 14.2. The van der Waals surface area contributed by atoms with Crippen LogP contribution >= 0.6 is 23.1 Å². The molecule has 0 saturated heterocycles. The van der Waals surface area contributed by atoms with Crippen molar-refractivity contribution < 1.29 is 14.3 Å². The molecular formula is C20H18ClFN6O2S. The number of aromatic nitrogens is 4. The normalized spacial score (nSPS) is 11.6. The zero-order valence-corrected chi connectivity index (χ0v) is 18.1. The van der Waals surface area contributed by atoms with Gasteiger partial charge in [0.1, 0.15) is 5.82 Å². The first kappa shape index (κ1) is 21.2. The number of carbonyl (C=O) groups is 1. The van der Waals surface area contributed by atoms with Crippen LogP contribution < -0.4 is 10.6 Å². The molecule has 11 heteroatoms. The molecule has 0 spiro atoms. The number of nitrogens with one attached hydrogen (secondary N) is 3. The van der Waals surface area contributed by atoms with Gasteiger partial charge in [0.05, 0.1) is 33.6 Å². The summed E-state index contributed by atoms with van der Waals surface area (Å²) in [6.45, 7) is 3.08. The summed E-state index contributed by atoms with van der Waals surface area (Å²) in [5, 5.41) is 24.0. The number of hydrogen-bond donors (Lipinski definition) is 4. The van der Waals surface area contributed by atoms with Crippen LogP contribution in [-0.2, 0) is 0 Å². The van der Waals surface area contributed by atoms with E-state index in [9.17, 15) is 14.3 Å². The van der Waals surface area contributed by atoms with Crippen LogP contribution in [0.25, 0.3) is 22.3 Å². The fourth-order valence-electron chi connectivity index (χ4n) is 2.82. The van der Waals surface area contributed by atoms with Crippen LogP contribution in [0.4, 0.5) is 15.2 Å². The molecule has 0 radical (unpaired) electrons. The number of halogens is 2. The third-order valence-electron chi connectivity index (χ3n) is 4.38. The second-order valence-electron chi connectivity index (χ2n) is 7.50. The van der Waals surface area contributed by atoms with Crippen molar-refractivity contribution in [1.29, 1.82) is 0 Å². The number of aromatic amines is 1. The topological polar surface area (TPSA) is 116 Å². The lowest BCUT2D eigenvalue weighted by molar-refractivity contribution is 0.0692. The van der Waals surface area contributed by atoms with Gasteiger partial charge in [-0.1, -0.05) is 11.6 Å². The number of amides is 1. The third-order valence-corrected chi connectivity index (χ3v) is 5.41. The summed E-state index contributed by atoms with van der Waals surface area (Å²) in [4.78, 5) is 16.7. The zero-order chi connectivity index (χ0) is 22.2. The lowest BCUT2D eigenvalue weighted by atomic mass is 10.1. The summed E-state index contributed by atoms with van der Waals surface area (Å²) in [6, 6.07) is 7.71. The highest BCUT2D eigenvalue weighted by atomic mass is 35.5. The lowest BCUT2D eigenvalue weighted by Crippen LogP contribution is -2.38. The molecule has 0 saturated carbocycles. The second-order valence-corrected chi connectivity index (χ2v) is 8.63. The average Bonchev–Trinajstić information content (AvgIpc) is 3.38. The molecule has 1 amide bonds. The van der Waals surface area contributed by atoms with Crippen LogP contribution in [0.3, 0.4) is 0 Å². The third kappa shape index (κ3) is 4.66. The Balaban J connectivity index is 1.56. The highest BCUT2D eigenvalue weighted by Crippen LogP contribution is 2.33. The van der Waals surface area contributed by atoms with Gasteiger partial charge in [-0.2, -0.15) is 14.5 Å². The van der Waals surface area contributed by atoms with Crippen LogP contribution in [-0.4, -0.2) is 42.7 Å². The molecule has 0 aliphatic rings. The van der Waals surface area contributed by atoms with E-state index in [0.29, 0.717) is 27.2 Å². The molecule has 2 aromatic heterocycles. The van der Waals surface area contributed by atoms with Crippen molar-refractivity contribution in [3.05, 3.63) is 52.9 Å². The van der Waals surface area contributed by atoms with Crippen molar-refractivity contribution in [2.45, 2.75) is 19.4 Å². The van der Waals surface area contributed by atoms with Crippen molar-refractivity contribution in [3.8, 4) is 11.4 Å². The van der Waals surface area contributed by atoms with Gasteiger partial charge >= 0.3 is 0 Å². The second kappa shape index (κ2) is 8.22. The summed E-state index contributed by atoms with van der Waals surface area (Å²) in [6.07, 6.45) is 1.64. The van der Waals surface area contributed by atoms with E-state index in [2.05, 4.69) is 30.2 Å². The minimum atomic E-state index is -1.11. The van der Waals surface area contributed by atoms with Gasteiger partial charge < -0.3 is 15.7 Å². The molecule has 4 rings (SSSR count). The number of carbonyl (C=O) groups excluding carboxylic acids is 1. The lowest BCUT2D eigenvalue weighted by Gasteiger charge is -2.17. The number of nitrogens with zero attached hydrogens (tertiary/aromatic N) is 3. The maximum atomic E-state index is 14.2. The van der Waals surface area contributed by atoms with Gasteiger partial charge in [0.2, 0.25) is 5.13 Å². The quantitative estimate of drug-likeness (QED) is 0.344. The van der Waals surface area contributed by atoms with Crippen molar-refractivity contribution in [2.24, 2.45) is 0 Å². The van der Waals surface area contributed by atoms with Gasteiger partial charge in [0.25, 0.3) is 5.91 Å². The molecule has 0 unspecified atom stereocenters. The molecule has 31 heavy (non-hydrogen) atoms. The van der Waals surface area contributed by atoms with Gasteiger partial charge in [-0.25, -0.2) is 4.39 Å². The van der Waals surface area contributed by atoms with Gasteiger partial charge in [-0.05, 0) is 44.2 Å². The summed E-state index contributed by atoms with van der Waals surface area (Å²) >= 11 is 7.53. The highest BCUT2D eigenvalue weighted by molar-refractivity contribution is 7.10.